The summed E-state index contributed by atoms with van der Waals surface area (Å²) < 4.78 is 7.03. The Morgan fingerprint density at radius 2 is 1.93 bits per heavy atom. The molecule has 0 radical (unpaired) electrons. The number of aromatic nitrogens is 5. The summed E-state index contributed by atoms with van der Waals surface area (Å²) in [6.07, 6.45) is 6.98. The maximum atomic E-state index is 6.51. The average Bonchev–Trinajstić information content (AvgIpc) is 3.41. The fourth-order valence-corrected chi connectivity index (χ4v) is 5.08. The largest absolute Gasteiger partial charge is 0.360 e. The third-order valence-corrected chi connectivity index (χ3v) is 6.81. The SMILES string of the molecule is Cn1cc(Nc2ncc(Cl)c(N3CC4(C)CN(Cc5ccno5)CC4(C)C3)n2)cn1. The highest BCUT2D eigenvalue weighted by molar-refractivity contribution is 6.32. The van der Waals surface area contributed by atoms with E-state index in [4.69, 9.17) is 21.1 Å². The molecule has 10 heteroatoms. The lowest BCUT2D eigenvalue weighted by Gasteiger charge is -2.30. The summed E-state index contributed by atoms with van der Waals surface area (Å²) in [7, 11) is 1.87. The van der Waals surface area contributed by atoms with Crippen LogP contribution in [0.1, 0.15) is 19.6 Å². The molecular formula is C20H25ClN8O. The van der Waals surface area contributed by atoms with Crippen molar-refractivity contribution in [2.75, 3.05) is 36.4 Å². The van der Waals surface area contributed by atoms with Crippen molar-refractivity contribution >= 4 is 29.1 Å². The zero-order valence-corrected chi connectivity index (χ0v) is 18.1. The predicted octanol–water partition coefficient (Wildman–Crippen LogP) is 2.94. The van der Waals surface area contributed by atoms with Gasteiger partial charge < -0.3 is 14.7 Å². The second kappa shape index (κ2) is 6.95. The Bertz CT molecular complexity index is 1030. The van der Waals surface area contributed by atoms with E-state index in [1.54, 1.807) is 23.3 Å². The van der Waals surface area contributed by atoms with Crippen LogP contribution in [0.15, 0.2) is 35.4 Å². The van der Waals surface area contributed by atoms with Crippen LogP contribution in [-0.2, 0) is 13.6 Å². The quantitative estimate of drug-likeness (QED) is 0.663. The molecule has 1 N–H and O–H groups in total. The van der Waals surface area contributed by atoms with Gasteiger partial charge in [-0.25, -0.2) is 4.98 Å². The lowest BCUT2D eigenvalue weighted by Crippen LogP contribution is -2.34. The highest BCUT2D eigenvalue weighted by Crippen LogP contribution is 2.53. The second-order valence-electron chi connectivity index (χ2n) is 8.99. The molecule has 0 amide bonds. The van der Waals surface area contributed by atoms with Crippen LogP contribution in [0.5, 0.6) is 0 Å². The summed E-state index contributed by atoms with van der Waals surface area (Å²) in [6.45, 7) is 9.26. The molecule has 30 heavy (non-hydrogen) atoms. The van der Waals surface area contributed by atoms with E-state index in [9.17, 15) is 0 Å². The topological polar surface area (TPSA) is 88.1 Å². The molecule has 3 aromatic heterocycles. The summed E-state index contributed by atoms with van der Waals surface area (Å²) in [4.78, 5) is 13.8. The number of hydrogen-bond acceptors (Lipinski definition) is 8. The van der Waals surface area contributed by atoms with Crippen LogP contribution in [0.2, 0.25) is 5.02 Å². The van der Waals surface area contributed by atoms with Gasteiger partial charge in [-0.1, -0.05) is 30.6 Å². The van der Waals surface area contributed by atoms with E-state index in [-0.39, 0.29) is 10.8 Å². The molecule has 2 fully saturated rings. The third kappa shape index (κ3) is 3.31. The first-order valence-electron chi connectivity index (χ1n) is 9.99. The Kier molecular flexibility index (Phi) is 4.48. The van der Waals surface area contributed by atoms with Crippen LogP contribution >= 0.6 is 11.6 Å². The van der Waals surface area contributed by atoms with Crippen LogP contribution in [0.25, 0.3) is 0 Å². The van der Waals surface area contributed by atoms with Gasteiger partial charge in [0.1, 0.15) is 5.02 Å². The number of likely N-dealkylation sites (tertiary alicyclic amines) is 1. The van der Waals surface area contributed by atoms with Gasteiger partial charge in [0.05, 0.1) is 30.8 Å². The van der Waals surface area contributed by atoms with Crippen molar-refractivity contribution in [3.05, 3.63) is 41.6 Å². The van der Waals surface area contributed by atoms with Gasteiger partial charge in [0.2, 0.25) is 5.95 Å². The molecule has 5 rings (SSSR count). The smallest absolute Gasteiger partial charge is 0.229 e. The minimum Gasteiger partial charge on any atom is -0.360 e. The van der Waals surface area contributed by atoms with E-state index in [0.717, 1.165) is 50.0 Å². The number of hydrogen-bond donors (Lipinski definition) is 1. The summed E-state index contributed by atoms with van der Waals surface area (Å²) in [6, 6.07) is 1.93. The molecule has 2 aliphatic heterocycles. The molecule has 9 nitrogen and oxygen atoms in total. The lowest BCUT2D eigenvalue weighted by atomic mass is 9.71. The second-order valence-corrected chi connectivity index (χ2v) is 9.40. The number of fused-ring (bicyclic) bond motifs is 1. The number of nitrogens with zero attached hydrogens (tertiary/aromatic N) is 7. The molecule has 3 aromatic rings. The summed E-state index contributed by atoms with van der Waals surface area (Å²) in [5.74, 6) is 2.20. The molecule has 0 bridgehead atoms. The average molecular weight is 429 g/mol. The van der Waals surface area contributed by atoms with Crippen molar-refractivity contribution in [3.63, 3.8) is 0 Å². The van der Waals surface area contributed by atoms with E-state index in [1.807, 2.05) is 19.3 Å². The van der Waals surface area contributed by atoms with Crippen molar-refractivity contribution in [2.24, 2.45) is 17.9 Å². The number of halogens is 1. The van der Waals surface area contributed by atoms with Gasteiger partial charge in [0, 0.05) is 56.3 Å². The predicted molar refractivity (Wildman–Crippen MR) is 114 cm³/mol. The molecule has 0 saturated carbocycles. The van der Waals surface area contributed by atoms with Gasteiger partial charge in [-0.3, -0.25) is 9.58 Å². The minimum atomic E-state index is 0.123. The number of rotatable bonds is 5. The maximum absolute atomic E-state index is 6.51. The molecule has 2 saturated heterocycles. The zero-order valence-electron chi connectivity index (χ0n) is 17.3. The summed E-state index contributed by atoms with van der Waals surface area (Å²) in [5.41, 5.74) is 1.09. The minimum absolute atomic E-state index is 0.123. The standard InChI is InChI=1S/C20H25ClN8O/c1-19-10-28(9-15-4-5-24-30-15)11-20(19,2)13-29(12-19)17-16(21)7-22-18(26-17)25-14-6-23-27(3)8-14/h4-8H,9-13H2,1-3H3,(H,22,25,26). The van der Waals surface area contributed by atoms with Gasteiger partial charge in [-0.15, -0.1) is 0 Å². The number of anilines is 3. The van der Waals surface area contributed by atoms with Crippen molar-refractivity contribution < 1.29 is 4.52 Å². The fraction of sp³-hybridized carbons (Fsp3) is 0.500. The normalized spacial score (nSPS) is 26.3. The van der Waals surface area contributed by atoms with Gasteiger partial charge in [0.25, 0.3) is 0 Å². The maximum Gasteiger partial charge on any atom is 0.229 e. The van der Waals surface area contributed by atoms with Crippen LogP contribution in [0, 0.1) is 10.8 Å². The van der Waals surface area contributed by atoms with Gasteiger partial charge in [0.15, 0.2) is 11.6 Å². The highest BCUT2D eigenvalue weighted by Gasteiger charge is 2.57. The lowest BCUT2D eigenvalue weighted by molar-refractivity contribution is 0.212. The summed E-state index contributed by atoms with van der Waals surface area (Å²) in [5, 5.41) is 11.8. The molecule has 158 valence electrons. The van der Waals surface area contributed by atoms with E-state index in [2.05, 4.69) is 44.2 Å². The van der Waals surface area contributed by atoms with Crippen LogP contribution < -0.4 is 10.2 Å². The Morgan fingerprint density at radius 3 is 2.57 bits per heavy atom. The third-order valence-electron chi connectivity index (χ3n) is 6.54. The monoisotopic (exact) mass is 428 g/mol. The molecule has 2 unspecified atom stereocenters. The van der Waals surface area contributed by atoms with Crippen molar-refractivity contribution in [1.82, 2.24) is 29.8 Å². The van der Waals surface area contributed by atoms with E-state index >= 15 is 0 Å². The number of nitrogens with one attached hydrogen (secondary N) is 1. The van der Waals surface area contributed by atoms with Crippen LogP contribution in [0.3, 0.4) is 0 Å². The van der Waals surface area contributed by atoms with E-state index in [1.165, 1.54) is 0 Å². The number of aryl methyl sites for hydroxylation is 1. The van der Waals surface area contributed by atoms with E-state index in [0.29, 0.717) is 11.0 Å². The molecule has 0 spiro atoms. The molecule has 2 aliphatic rings. The molecule has 2 atom stereocenters. The molecule has 0 aliphatic carbocycles. The van der Waals surface area contributed by atoms with Gasteiger partial charge >= 0.3 is 0 Å². The Hall–Kier alpha value is -2.65. The Morgan fingerprint density at radius 1 is 1.17 bits per heavy atom. The summed E-state index contributed by atoms with van der Waals surface area (Å²) >= 11 is 6.51. The first kappa shape index (κ1) is 19.3. The van der Waals surface area contributed by atoms with Crippen LogP contribution in [-0.4, -0.2) is 56.0 Å². The fourth-order valence-electron chi connectivity index (χ4n) is 4.87. The Balaban J connectivity index is 1.34. The first-order chi connectivity index (χ1) is 14.3. The first-order valence-corrected chi connectivity index (χ1v) is 10.4. The van der Waals surface area contributed by atoms with Gasteiger partial charge in [-0.05, 0) is 0 Å². The zero-order chi connectivity index (χ0) is 20.9. The van der Waals surface area contributed by atoms with Crippen molar-refractivity contribution in [3.8, 4) is 0 Å². The molecular weight excluding hydrogens is 404 g/mol. The van der Waals surface area contributed by atoms with Crippen molar-refractivity contribution in [2.45, 2.75) is 20.4 Å². The molecule has 0 aromatic carbocycles. The van der Waals surface area contributed by atoms with Gasteiger partial charge in [-0.2, -0.15) is 10.1 Å². The van der Waals surface area contributed by atoms with Crippen molar-refractivity contribution in [1.29, 1.82) is 0 Å². The highest BCUT2D eigenvalue weighted by atomic mass is 35.5. The van der Waals surface area contributed by atoms with E-state index < -0.39 is 0 Å². The van der Waals surface area contributed by atoms with Crippen LogP contribution in [0.4, 0.5) is 17.5 Å². The Labute approximate surface area is 180 Å². The molecule has 5 heterocycles.